The Bertz CT molecular complexity index is 634. The average Bonchev–Trinajstić information content (AvgIpc) is 2.64. The summed E-state index contributed by atoms with van der Waals surface area (Å²) in [4.78, 5) is 0. The number of ether oxygens (including phenoxy) is 1. The van der Waals surface area contributed by atoms with Gasteiger partial charge in [-0.25, -0.2) is 0 Å². The molecule has 0 aromatic heterocycles. The molecule has 1 saturated heterocycles. The summed E-state index contributed by atoms with van der Waals surface area (Å²) in [6.07, 6.45) is 1.02. The maximum atomic E-state index is 9.59. The Hall–Kier alpha value is -1.46. The predicted octanol–water partition coefficient (Wildman–Crippen LogP) is 3.31. The van der Waals surface area contributed by atoms with Gasteiger partial charge in [0.05, 0.1) is 6.61 Å². The van der Waals surface area contributed by atoms with Crippen molar-refractivity contribution in [1.29, 1.82) is 0 Å². The van der Waals surface area contributed by atoms with Crippen LogP contribution >= 0.6 is 0 Å². The van der Waals surface area contributed by atoms with E-state index in [0.717, 1.165) is 6.42 Å². The fraction of sp³-hybridized carbons (Fsp3) is 0.455. The highest BCUT2D eigenvalue weighted by Crippen LogP contribution is 2.37. The van der Waals surface area contributed by atoms with Crippen LogP contribution in [0.5, 0.6) is 0 Å². The number of rotatable bonds is 5. The predicted molar refractivity (Wildman–Crippen MR) is 108 cm³/mol. The van der Waals surface area contributed by atoms with Crippen LogP contribution < -0.4 is 10.4 Å². The third kappa shape index (κ3) is 3.94. The first-order valence-electron chi connectivity index (χ1n) is 9.48. The van der Waals surface area contributed by atoms with E-state index in [9.17, 15) is 5.11 Å². The van der Waals surface area contributed by atoms with E-state index >= 15 is 0 Å². The van der Waals surface area contributed by atoms with Crippen molar-refractivity contribution >= 4 is 18.7 Å². The Kier molecular flexibility index (Phi) is 5.98. The largest absolute Gasteiger partial charge is 0.407 e. The quantitative estimate of drug-likeness (QED) is 0.821. The third-order valence-electron chi connectivity index (χ3n) is 5.30. The van der Waals surface area contributed by atoms with Gasteiger partial charge in [0.25, 0.3) is 8.32 Å². The van der Waals surface area contributed by atoms with Crippen LogP contribution in [-0.2, 0) is 9.16 Å². The van der Waals surface area contributed by atoms with Gasteiger partial charge in [0.1, 0.15) is 0 Å². The monoisotopic (exact) mass is 370 g/mol. The van der Waals surface area contributed by atoms with Crippen molar-refractivity contribution in [1.82, 2.24) is 0 Å². The number of aliphatic hydroxyl groups is 1. The summed E-state index contributed by atoms with van der Waals surface area (Å²) in [5, 5.41) is 12.2. The van der Waals surface area contributed by atoms with E-state index in [1.54, 1.807) is 0 Å². The van der Waals surface area contributed by atoms with Gasteiger partial charge in [-0.15, -0.1) is 0 Å². The lowest BCUT2D eigenvalue weighted by atomic mass is 10.0. The Balaban J connectivity index is 1.97. The van der Waals surface area contributed by atoms with Crippen LogP contribution in [0.1, 0.15) is 33.6 Å². The van der Waals surface area contributed by atoms with E-state index in [-0.39, 0.29) is 5.04 Å². The molecule has 3 rings (SSSR count). The van der Waals surface area contributed by atoms with Crippen LogP contribution in [0.2, 0.25) is 5.04 Å². The van der Waals surface area contributed by atoms with Crippen LogP contribution in [-0.4, -0.2) is 32.9 Å². The molecule has 2 atom stereocenters. The van der Waals surface area contributed by atoms with Gasteiger partial charge in [-0.05, 0) is 28.3 Å². The molecule has 1 aliphatic rings. The van der Waals surface area contributed by atoms with Crippen molar-refractivity contribution in [3.05, 3.63) is 60.7 Å². The summed E-state index contributed by atoms with van der Waals surface area (Å²) in [7, 11) is -2.47. The Morgan fingerprint density at radius 2 is 1.50 bits per heavy atom. The second-order valence-electron chi connectivity index (χ2n) is 8.21. The molecule has 4 heteroatoms. The molecule has 0 bridgehead atoms. The molecule has 2 aromatic rings. The average molecular weight is 371 g/mol. The fourth-order valence-electron chi connectivity index (χ4n) is 3.93. The molecule has 2 aromatic carbocycles. The summed E-state index contributed by atoms with van der Waals surface area (Å²) in [6.45, 7) is 8.11. The molecule has 0 aliphatic carbocycles. The lowest BCUT2D eigenvalue weighted by Crippen LogP contribution is -2.67. The summed E-state index contributed by atoms with van der Waals surface area (Å²) in [5.41, 5.74) is 0. The molecule has 26 heavy (non-hydrogen) atoms. The maximum absolute atomic E-state index is 9.59. The molecule has 1 N–H and O–H groups in total. The van der Waals surface area contributed by atoms with E-state index in [1.807, 2.05) is 0 Å². The van der Waals surface area contributed by atoms with Gasteiger partial charge in [-0.2, -0.15) is 0 Å². The first kappa shape index (κ1) is 19.3. The van der Waals surface area contributed by atoms with Gasteiger partial charge in [0, 0.05) is 12.5 Å². The second-order valence-corrected chi connectivity index (χ2v) is 12.5. The molecule has 0 radical (unpaired) electrons. The lowest BCUT2D eigenvalue weighted by molar-refractivity contribution is -0.144. The van der Waals surface area contributed by atoms with Gasteiger partial charge < -0.3 is 14.3 Å². The van der Waals surface area contributed by atoms with Crippen molar-refractivity contribution in [3.63, 3.8) is 0 Å². The summed E-state index contributed by atoms with van der Waals surface area (Å²) >= 11 is 0. The van der Waals surface area contributed by atoms with Crippen LogP contribution in [0.15, 0.2) is 60.7 Å². The van der Waals surface area contributed by atoms with Crippen molar-refractivity contribution in [3.8, 4) is 0 Å². The van der Waals surface area contributed by atoms with E-state index in [4.69, 9.17) is 9.16 Å². The molecular weight excluding hydrogens is 340 g/mol. The molecular formula is C22H30O3Si. The molecule has 0 saturated carbocycles. The first-order chi connectivity index (χ1) is 12.4. The Morgan fingerprint density at radius 3 is 1.92 bits per heavy atom. The number of aliphatic hydroxyl groups excluding tert-OH is 1. The third-order valence-corrected chi connectivity index (χ3v) is 10.3. The van der Waals surface area contributed by atoms with Gasteiger partial charge in [-0.3, -0.25) is 0 Å². The molecule has 1 heterocycles. The maximum Gasteiger partial charge on any atom is 0.261 e. The normalized spacial score (nSPS) is 21.5. The summed E-state index contributed by atoms with van der Waals surface area (Å²) < 4.78 is 12.4. The van der Waals surface area contributed by atoms with Crippen LogP contribution in [0.3, 0.4) is 0 Å². The molecule has 0 amide bonds. The second kappa shape index (κ2) is 8.05. The minimum Gasteiger partial charge on any atom is -0.407 e. The topological polar surface area (TPSA) is 38.7 Å². The highest BCUT2D eigenvalue weighted by Gasteiger charge is 2.50. The number of benzene rings is 2. The van der Waals surface area contributed by atoms with Gasteiger partial charge in [0.2, 0.25) is 0 Å². The van der Waals surface area contributed by atoms with Crippen LogP contribution in [0.4, 0.5) is 0 Å². The van der Waals surface area contributed by atoms with Crippen LogP contribution in [0.25, 0.3) is 0 Å². The summed E-state index contributed by atoms with van der Waals surface area (Å²) in [5.74, 6) is 0.333. The Labute approximate surface area is 158 Å². The fourth-order valence-corrected chi connectivity index (χ4v) is 8.57. The zero-order chi connectivity index (χ0) is 18.6. The zero-order valence-electron chi connectivity index (χ0n) is 16.0. The number of hydrogen-bond donors (Lipinski definition) is 1. The van der Waals surface area contributed by atoms with E-state index < -0.39 is 14.6 Å². The van der Waals surface area contributed by atoms with E-state index in [1.165, 1.54) is 10.4 Å². The van der Waals surface area contributed by atoms with Crippen LogP contribution in [0, 0.1) is 5.92 Å². The molecule has 2 unspecified atom stereocenters. The minimum atomic E-state index is -2.47. The standard InChI is InChI=1S/C22H30O3Si/c1-22(2,3)26(19-10-6-4-7-11-19,20-12-8-5-9-13-20)25-17-18-14-15-21(23)24-16-18/h4-13,18,21,23H,14-17H2,1-3H3. The molecule has 140 valence electrons. The highest BCUT2D eigenvalue weighted by atomic mass is 28.4. The summed E-state index contributed by atoms with van der Waals surface area (Å²) in [6, 6.07) is 21.4. The van der Waals surface area contributed by atoms with Crippen molar-refractivity contribution < 1.29 is 14.3 Å². The molecule has 1 fully saturated rings. The first-order valence-corrected chi connectivity index (χ1v) is 11.4. The smallest absolute Gasteiger partial charge is 0.261 e. The van der Waals surface area contributed by atoms with Crippen molar-refractivity contribution in [2.75, 3.05) is 13.2 Å². The Morgan fingerprint density at radius 1 is 0.962 bits per heavy atom. The number of hydrogen-bond acceptors (Lipinski definition) is 3. The van der Waals surface area contributed by atoms with Gasteiger partial charge in [-0.1, -0.05) is 81.4 Å². The minimum absolute atomic E-state index is 0.00918. The van der Waals surface area contributed by atoms with Gasteiger partial charge >= 0.3 is 0 Å². The van der Waals surface area contributed by atoms with Crippen molar-refractivity contribution in [2.24, 2.45) is 5.92 Å². The lowest BCUT2D eigenvalue weighted by Gasteiger charge is -2.44. The zero-order valence-corrected chi connectivity index (χ0v) is 17.0. The molecule has 3 nitrogen and oxygen atoms in total. The molecule has 0 spiro atoms. The van der Waals surface area contributed by atoms with E-state index in [0.29, 0.717) is 25.6 Å². The van der Waals surface area contributed by atoms with Crippen molar-refractivity contribution in [2.45, 2.75) is 44.9 Å². The van der Waals surface area contributed by atoms with E-state index in [2.05, 4.69) is 81.4 Å². The van der Waals surface area contributed by atoms with Gasteiger partial charge in [0.15, 0.2) is 6.29 Å². The molecule has 1 aliphatic heterocycles. The highest BCUT2D eigenvalue weighted by molar-refractivity contribution is 6.99. The SMILES string of the molecule is CC(C)(C)[Si](OCC1CCC(O)OC1)(c1ccccc1)c1ccccc1.